The number of nitrogens with zero attached hydrogens (tertiary/aromatic N) is 3. The highest BCUT2D eigenvalue weighted by molar-refractivity contribution is 7.99. The summed E-state index contributed by atoms with van der Waals surface area (Å²) in [5.74, 6) is -1.65. The monoisotopic (exact) mass is 641 g/mol. The molecule has 0 saturated heterocycles. The molecule has 0 unspecified atom stereocenters. The number of aromatic nitrogens is 3. The summed E-state index contributed by atoms with van der Waals surface area (Å²) in [5.41, 5.74) is 1.64. The van der Waals surface area contributed by atoms with Crippen LogP contribution in [-0.4, -0.2) is 68.0 Å². The Morgan fingerprint density at radius 1 is 1.00 bits per heavy atom. The molecule has 2 amide bonds. The molecule has 0 bridgehead atoms. The van der Waals surface area contributed by atoms with Crippen LogP contribution in [0.1, 0.15) is 53.0 Å². The zero-order valence-electron chi connectivity index (χ0n) is 24.4. The number of amides is 2. The summed E-state index contributed by atoms with van der Waals surface area (Å²) in [6.45, 7) is 5.19. The first-order valence-electron chi connectivity index (χ1n) is 14.3. The number of nitrogens with one attached hydrogen (secondary N) is 2. The van der Waals surface area contributed by atoms with Gasteiger partial charge in [0.1, 0.15) is 11.6 Å². The molecule has 0 aliphatic carbocycles. The van der Waals surface area contributed by atoms with Gasteiger partial charge < -0.3 is 15.3 Å². The predicted molar refractivity (Wildman–Crippen MR) is 168 cm³/mol. The van der Waals surface area contributed by atoms with E-state index in [1.165, 1.54) is 6.07 Å². The minimum atomic E-state index is -1.15. The Kier molecular flexibility index (Phi) is 11.9. The first-order valence-corrected chi connectivity index (χ1v) is 15.7. The van der Waals surface area contributed by atoms with Gasteiger partial charge in [0, 0.05) is 46.6 Å². The Labute approximate surface area is 264 Å². The van der Waals surface area contributed by atoms with E-state index in [4.69, 9.17) is 11.6 Å². The quantitative estimate of drug-likeness (QED) is 0.142. The molecule has 8 nitrogen and oxygen atoms in total. The lowest BCUT2D eigenvalue weighted by Gasteiger charge is -2.24. The molecule has 0 fully saturated rings. The zero-order chi connectivity index (χ0) is 31.6. The summed E-state index contributed by atoms with van der Waals surface area (Å²) < 4.78 is 28.0. The first kappa shape index (κ1) is 33.1. The van der Waals surface area contributed by atoms with Crippen molar-refractivity contribution in [1.82, 2.24) is 25.4 Å². The second-order valence-electron chi connectivity index (χ2n) is 10.3. The summed E-state index contributed by atoms with van der Waals surface area (Å²) in [7, 11) is 0. The molecule has 232 valence electrons. The molecule has 0 radical (unpaired) electrons. The van der Waals surface area contributed by atoms with Crippen LogP contribution in [-0.2, 0) is 6.42 Å². The third kappa shape index (κ3) is 9.10. The van der Waals surface area contributed by atoms with Gasteiger partial charge in [0.25, 0.3) is 11.8 Å². The number of halogens is 3. The molecule has 44 heavy (non-hydrogen) atoms. The van der Waals surface area contributed by atoms with Gasteiger partial charge >= 0.3 is 0 Å². The first-order chi connectivity index (χ1) is 21.2. The van der Waals surface area contributed by atoms with Crippen molar-refractivity contribution in [2.45, 2.75) is 50.4 Å². The van der Waals surface area contributed by atoms with E-state index in [9.17, 15) is 23.5 Å². The molecule has 2 atom stereocenters. The highest BCUT2D eigenvalue weighted by atomic mass is 35.5. The van der Waals surface area contributed by atoms with E-state index in [2.05, 4.69) is 20.5 Å². The number of thioether (sulfide) groups is 1. The van der Waals surface area contributed by atoms with E-state index in [1.807, 2.05) is 13.8 Å². The molecule has 3 aromatic carbocycles. The third-order valence-electron chi connectivity index (χ3n) is 6.77. The molecule has 0 aliphatic rings. The number of hydrogen-bond donors (Lipinski definition) is 3. The fraction of sp³-hybridized carbons (Fsp3) is 0.312. The lowest BCUT2D eigenvalue weighted by Crippen LogP contribution is -2.46. The van der Waals surface area contributed by atoms with E-state index >= 15 is 0 Å². The van der Waals surface area contributed by atoms with Crippen molar-refractivity contribution < 1.29 is 23.5 Å². The van der Waals surface area contributed by atoms with Crippen LogP contribution in [0.4, 0.5) is 8.78 Å². The maximum Gasteiger partial charge on any atom is 0.253 e. The predicted octanol–water partition coefficient (Wildman–Crippen LogP) is 6.16. The van der Waals surface area contributed by atoms with Crippen LogP contribution in [0.3, 0.4) is 0 Å². The van der Waals surface area contributed by atoms with E-state index in [0.717, 1.165) is 48.4 Å². The van der Waals surface area contributed by atoms with Crippen molar-refractivity contribution in [3.8, 4) is 11.4 Å². The largest absolute Gasteiger partial charge is 0.390 e. The lowest BCUT2D eigenvalue weighted by atomic mass is 10.0. The van der Waals surface area contributed by atoms with Crippen molar-refractivity contribution in [2.75, 3.05) is 18.8 Å². The molecule has 12 heteroatoms. The van der Waals surface area contributed by atoms with Crippen LogP contribution in [0, 0.1) is 11.6 Å². The SMILES string of the molecule is CCCN(CCC)C(=O)c1cccc(C(=O)N[C@@H](Cc2cc(F)cc(F)c2)[C@H](O)CSc2n[nH]c(-c3ccc(Cl)cc3)n2)c1. The highest BCUT2D eigenvalue weighted by Gasteiger charge is 2.25. The molecule has 1 heterocycles. The number of carbonyl (C=O) groups excluding carboxylic acids is 2. The van der Waals surface area contributed by atoms with Crippen LogP contribution in [0.5, 0.6) is 0 Å². The van der Waals surface area contributed by atoms with Crippen LogP contribution in [0.2, 0.25) is 5.02 Å². The lowest BCUT2D eigenvalue weighted by molar-refractivity contribution is 0.0755. The highest BCUT2D eigenvalue weighted by Crippen LogP contribution is 2.23. The Balaban J connectivity index is 1.50. The molecule has 3 N–H and O–H groups in total. The van der Waals surface area contributed by atoms with Crippen molar-refractivity contribution in [2.24, 2.45) is 0 Å². The van der Waals surface area contributed by atoms with Gasteiger partial charge in [-0.1, -0.05) is 43.3 Å². The molecule has 4 aromatic rings. The maximum atomic E-state index is 14.0. The van der Waals surface area contributed by atoms with E-state index in [0.29, 0.717) is 34.7 Å². The number of hydrogen-bond acceptors (Lipinski definition) is 6. The minimum absolute atomic E-state index is 0.0500. The summed E-state index contributed by atoms with van der Waals surface area (Å²) in [4.78, 5) is 32.7. The molecule has 0 aliphatic heterocycles. The van der Waals surface area contributed by atoms with Crippen LogP contribution in [0.25, 0.3) is 11.4 Å². The fourth-order valence-corrected chi connectivity index (χ4v) is 5.62. The van der Waals surface area contributed by atoms with E-state index in [-0.39, 0.29) is 29.2 Å². The molecule has 4 rings (SSSR count). The Morgan fingerprint density at radius 2 is 1.66 bits per heavy atom. The minimum Gasteiger partial charge on any atom is -0.390 e. The molecule has 0 spiro atoms. The van der Waals surface area contributed by atoms with Gasteiger partial charge in [-0.05, 0) is 79.4 Å². The average molecular weight is 642 g/mol. The molecule has 1 aromatic heterocycles. The van der Waals surface area contributed by atoms with Gasteiger partial charge in [0.15, 0.2) is 5.82 Å². The summed E-state index contributed by atoms with van der Waals surface area (Å²) in [5, 5.41) is 22.0. The molecular formula is C32H34ClF2N5O3S. The van der Waals surface area contributed by atoms with Crippen LogP contribution < -0.4 is 5.32 Å². The van der Waals surface area contributed by atoms with Gasteiger partial charge in [-0.15, -0.1) is 5.10 Å². The maximum absolute atomic E-state index is 14.0. The smallest absolute Gasteiger partial charge is 0.253 e. The van der Waals surface area contributed by atoms with Crippen LogP contribution >= 0.6 is 23.4 Å². The van der Waals surface area contributed by atoms with Gasteiger partial charge in [-0.3, -0.25) is 14.7 Å². The van der Waals surface area contributed by atoms with Gasteiger partial charge in [0.2, 0.25) is 5.16 Å². The third-order valence-corrected chi connectivity index (χ3v) is 7.97. The Morgan fingerprint density at radius 3 is 2.32 bits per heavy atom. The number of benzene rings is 3. The summed E-state index contributed by atoms with van der Waals surface area (Å²) in [6.07, 6.45) is 0.411. The standard InChI is InChI=1S/C32H34ClF2N5O3S/c1-3-12-40(13-4-2)31(43)23-7-5-6-22(17-23)30(42)36-27(16-20-14-25(34)18-26(35)15-20)28(41)19-44-32-37-29(38-39-32)21-8-10-24(33)11-9-21/h5-11,14-15,17-18,27-28,41H,3-4,12-13,16,19H2,1-2H3,(H,36,42)(H,37,38,39)/t27-,28+/m0/s1. The number of rotatable bonds is 14. The normalized spacial score (nSPS) is 12.5. The van der Waals surface area contributed by atoms with Crippen molar-refractivity contribution in [3.05, 3.63) is 100 Å². The van der Waals surface area contributed by atoms with Crippen molar-refractivity contribution in [3.63, 3.8) is 0 Å². The Bertz CT molecular complexity index is 1540. The van der Waals surface area contributed by atoms with Crippen LogP contribution in [0.15, 0.2) is 71.9 Å². The van der Waals surface area contributed by atoms with Crippen molar-refractivity contribution in [1.29, 1.82) is 0 Å². The van der Waals surface area contributed by atoms with E-state index < -0.39 is 29.7 Å². The number of aliphatic hydroxyl groups excluding tert-OH is 1. The number of H-pyrrole nitrogens is 1. The second-order valence-corrected chi connectivity index (χ2v) is 11.7. The Hall–Kier alpha value is -3.80. The number of aromatic amines is 1. The topological polar surface area (TPSA) is 111 Å². The van der Waals surface area contributed by atoms with Gasteiger partial charge in [0.05, 0.1) is 12.1 Å². The molecular weight excluding hydrogens is 608 g/mol. The molecule has 0 saturated carbocycles. The summed E-state index contributed by atoms with van der Waals surface area (Å²) in [6, 6.07) is 15.6. The second kappa shape index (κ2) is 15.8. The van der Waals surface area contributed by atoms with Gasteiger partial charge in [-0.25, -0.2) is 13.8 Å². The average Bonchev–Trinajstić information content (AvgIpc) is 3.48. The number of aliphatic hydroxyl groups is 1. The van der Waals surface area contributed by atoms with E-state index in [1.54, 1.807) is 47.4 Å². The summed E-state index contributed by atoms with van der Waals surface area (Å²) >= 11 is 7.11. The van der Waals surface area contributed by atoms with Gasteiger partial charge in [-0.2, -0.15) is 0 Å². The van der Waals surface area contributed by atoms with Crippen molar-refractivity contribution >= 4 is 35.2 Å². The zero-order valence-corrected chi connectivity index (χ0v) is 26.0. The fourth-order valence-electron chi connectivity index (χ4n) is 4.67. The number of carbonyl (C=O) groups is 2.